The minimum atomic E-state index is 0.0736. The van der Waals surface area contributed by atoms with E-state index in [0.29, 0.717) is 5.92 Å². The Balaban J connectivity index is 1.75. The number of ether oxygens (including phenoxy) is 1. The maximum absolute atomic E-state index is 11.4. The number of amides is 1. The molecule has 0 N–H and O–H groups in total. The molecule has 1 unspecified atom stereocenters. The highest BCUT2D eigenvalue weighted by molar-refractivity contribution is 5.87. The molecule has 2 fully saturated rings. The summed E-state index contributed by atoms with van der Waals surface area (Å²) in [6, 6.07) is 0. The largest absolute Gasteiger partial charge is 0.379 e. The molecule has 2 heterocycles. The number of carbonyl (C=O) groups excluding carboxylic acids is 1. The van der Waals surface area contributed by atoms with Gasteiger partial charge >= 0.3 is 0 Å². The third kappa shape index (κ3) is 2.83. The van der Waals surface area contributed by atoms with Crippen molar-refractivity contribution in [2.24, 2.45) is 5.92 Å². The lowest BCUT2D eigenvalue weighted by molar-refractivity contribution is -0.125. The van der Waals surface area contributed by atoms with Gasteiger partial charge in [0.1, 0.15) is 0 Å². The Hall–Kier alpha value is -0.870. The van der Waals surface area contributed by atoms with Gasteiger partial charge in [-0.25, -0.2) is 0 Å². The fourth-order valence-corrected chi connectivity index (χ4v) is 2.46. The van der Waals surface area contributed by atoms with Crippen molar-refractivity contribution in [3.05, 3.63) is 12.7 Å². The van der Waals surface area contributed by atoms with Crippen LogP contribution in [0.25, 0.3) is 0 Å². The third-order valence-electron chi connectivity index (χ3n) is 3.39. The molecule has 0 aromatic heterocycles. The molecule has 0 aromatic rings. The summed E-state index contributed by atoms with van der Waals surface area (Å²) in [4.78, 5) is 15.8. The van der Waals surface area contributed by atoms with Crippen LogP contribution in [0.5, 0.6) is 0 Å². The van der Waals surface area contributed by atoms with E-state index in [1.807, 2.05) is 4.90 Å². The Morgan fingerprint density at radius 2 is 2.12 bits per heavy atom. The molecule has 0 aliphatic carbocycles. The van der Waals surface area contributed by atoms with E-state index >= 15 is 0 Å². The maximum atomic E-state index is 11.4. The quantitative estimate of drug-likeness (QED) is 0.649. The number of hydrogen-bond donors (Lipinski definition) is 0. The molecule has 0 spiro atoms. The Morgan fingerprint density at radius 3 is 2.81 bits per heavy atom. The highest BCUT2D eigenvalue weighted by atomic mass is 16.5. The van der Waals surface area contributed by atoms with E-state index in [1.165, 1.54) is 6.08 Å². The average Bonchev–Trinajstić information content (AvgIpc) is 2.78. The van der Waals surface area contributed by atoms with Crippen LogP contribution in [0.4, 0.5) is 0 Å². The van der Waals surface area contributed by atoms with Gasteiger partial charge in [-0.15, -0.1) is 0 Å². The second-order valence-corrected chi connectivity index (χ2v) is 4.56. The number of carbonyl (C=O) groups is 1. The molecule has 0 aromatic carbocycles. The summed E-state index contributed by atoms with van der Waals surface area (Å²) < 4.78 is 5.32. The maximum Gasteiger partial charge on any atom is 0.245 e. The second kappa shape index (κ2) is 5.46. The van der Waals surface area contributed by atoms with Gasteiger partial charge in [-0.3, -0.25) is 9.69 Å². The molecule has 4 heteroatoms. The number of morpholine rings is 1. The Labute approximate surface area is 96.8 Å². The molecule has 2 rings (SSSR count). The van der Waals surface area contributed by atoms with Crippen LogP contribution in [0, 0.1) is 5.92 Å². The zero-order chi connectivity index (χ0) is 11.4. The van der Waals surface area contributed by atoms with Crippen LogP contribution in [0.1, 0.15) is 6.42 Å². The number of nitrogens with zero attached hydrogens (tertiary/aromatic N) is 2. The van der Waals surface area contributed by atoms with Gasteiger partial charge in [-0.05, 0) is 18.4 Å². The normalized spacial score (nSPS) is 27.0. The van der Waals surface area contributed by atoms with Crippen molar-refractivity contribution in [2.45, 2.75) is 6.42 Å². The average molecular weight is 224 g/mol. The van der Waals surface area contributed by atoms with Crippen LogP contribution in [0.2, 0.25) is 0 Å². The SMILES string of the molecule is C=CC(=O)N1CCC(CN2CCOCC2)C1. The van der Waals surface area contributed by atoms with E-state index in [2.05, 4.69) is 11.5 Å². The zero-order valence-corrected chi connectivity index (χ0v) is 9.73. The lowest BCUT2D eigenvalue weighted by Gasteiger charge is -2.28. The van der Waals surface area contributed by atoms with Gasteiger partial charge < -0.3 is 9.64 Å². The van der Waals surface area contributed by atoms with E-state index in [9.17, 15) is 4.79 Å². The smallest absolute Gasteiger partial charge is 0.245 e. The summed E-state index contributed by atoms with van der Waals surface area (Å²) in [5, 5.41) is 0. The topological polar surface area (TPSA) is 32.8 Å². The number of likely N-dealkylation sites (tertiary alicyclic amines) is 1. The van der Waals surface area contributed by atoms with Gasteiger partial charge in [0.25, 0.3) is 0 Å². The molecular formula is C12H20N2O2. The molecule has 0 saturated carbocycles. The molecule has 1 atom stereocenters. The van der Waals surface area contributed by atoms with Crippen LogP contribution >= 0.6 is 0 Å². The number of hydrogen-bond acceptors (Lipinski definition) is 3. The van der Waals surface area contributed by atoms with Crippen molar-refractivity contribution in [2.75, 3.05) is 45.9 Å². The standard InChI is InChI=1S/C12H20N2O2/c1-2-12(15)14-4-3-11(10-14)9-13-5-7-16-8-6-13/h2,11H,1,3-10H2. The first-order valence-electron chi connectivity index (χ1n) is 6.01. The van der Waals surface area contributed by atoms with Crippen molar-refractivity contribution in [3.63, 3.8) is 0 Å². The summed E-state index contributed by atoms with van der Waals surface area (Å²) in [7, 11) is 0. The second-order valence-electron chi connectivity index (χ2n) is 4.56. The first kappa shape index (κ1) is 11.6. The van der Waals surface area contributed by atoms with Crippen molar-refractivity contribution in [1.82, 2.24) is 9.80 Å². The summed E-state index contributed by atoms with van der Waals surface area (Å²) in [5.74, 6) is 0.700. The highest BCUT2D eigenvalue weighted by Gasteiger charge is 2.26. The predicted octanol–water partition coefficient (Wildman–Crippen LogP) is 0.353. The molecule has 0 bridgehead atoms. The van der Waals surface area contributed by atoms with Gasteiger partial charge in [0.2, 0.25) is 5.91 Å². The molecule has 90 valence electrons. The number of rotatable bonds is 3. The molecule has 1 amide bonds. The van der Waals surface area contributed by atoms with Crippen LogP contribution in [0.3, 0.4) is 0 Å². The van der Waals surface area contributed by atoms with Crippen molar-refractivity contribution >= 4 is 5.91 Å². The van der Waals surface area contributed by atoms with Crippen molar-refractivity contribution in [3.8, 4) is 0 Å². The van der Waals surface area contributed by atoms with Gasteiger partial charge in [0.05, 0.1) is 13.2 Å². The Bertz CT molecular complexity index is 262. The fourth-order valence-electron chi connectivity index (χ4n) is 2.46. The summed E-state index contributed by atoms with van der Waals surface area (Å²) in [6.45, 7) is 10.2. The van der Waals surface area contributed by atoms with Crippen LogP contribution < -0.4 is 0 Å². The first-order chi connectivity index (χ1) is 7.79. The highest BCUT2D eigenvalue weighted by Crippen LogP contribution is 2.18. The fraction of sp³-hybridized carbons (Fsp3) is 0.750. The van der Waals surface area contributed by atoms with E-state index < -0.39 is 0 Å². The minimum Gasteiger partial charge on any atom is -0.379 e. The van der Waals surface area contributed by atoms with Crippen molar-refractivity contribution in [1.29, 1.82) is 0 Å². The molecular weight excluding hydrogens is 204 g/mol. The Kier molecular flexibility index (Phi) is 3.96. The van der Waals surface area contributed by atoms with Gasteiger partial charge in [-0.2, -0.15) is 0 Å². The van der Waals surface area contributed by atoms with Crippen molar-refractivity contribution < 1.29 is 9.53 Å². The van der Waals surface area contributed by atoms with Gasteiger partial charge in [0.15, 0.2) is 0 Å². The molecule has 16 heavy (non-hydrogen) atoms. The van der Waals surface area contributed by atoms with Crippen LogP contribution in [0.15, 0.2) is 12.7 Å². The molecule has 2 saturated heterocycles. The summed E-state index contributed by atoms with van der Waals surface area (Å²) >= 11 is 0. The molecule has 0 radical (unpaired) electrons. The van der Waals surface area contributed by atoms with E-state index in [-0.39, 0.29) is 5.91 Å². The Morgan fingerprint density at radius 1 is 1.38 bits per heavy atom. The monoisotopic (exact) mass is 224 g/mol. The zero-order valence-electron chi connectivity index (χ0n) is 9.73. The predicted molar refractivity (Wildman–Crippen MR) is 62.1 cm³/mol. The van der Waals surface area contributed by atoms with Gasteiger partial charge in [-0.1, -0.05) is 6.58 Å². The van der Waals surface area contributed by atoms with E-state index in [1.54, 1.807) is 0 Å². The lowest BCUT2D eigenvalue weighted by atomic mass is 10.1. The summed E-state index contributed by atoms with van der Waals surface area (Å²) in [6.07, 6.45) is 2.54. The third-order valence-corrected chi connectivity index (χ3v) is 3.39. The molecule has 2 aliphatic rings. The summed E-state index contributed by atoms with van der Waals surface area (Å²) in [5.41, 5.74) is 0. The van der Waals surface area contributed by atoms with E-state index in [4.69, 9.17) is 4.74 Å². The first-order valence-corrected chi connectivity index (χ1v) is 6.01. The molecule has 2 aliphatic heterocycles. The van der Waals surface area contributed by atoms with Gasteiger partial charge in [0, 0.05) is 32.7 Å². The lowest BCUT2D eigenvalue weighted by Crippen LogP contribution is -2.40. The van der Waals surface area contributed by atoms with Crippen LogP contribution in [-0.4, -0.2) is 61.6 Å². The minimum absolute atomic E-state index is 0.0736. The van der Waals surface area contributed by atoms with Crippen LogP contribution in [-0.2, 0) is 9.53 Å². The van der Waals surface area contributed by atoms with E-state index in [0.717, 1.165) is 52.4 Å². The molecule has 4 nitrogen and oxygen atoms in total.